The van der Waals surface area contributed by atoms with Crippen LogP contribution in [0.2, 0.25) is 0 Å². The number of alkyl halides is 6. The molecule has 3 fully saturated rings. The topological polar surface area (TPSA) is 103 Å². The van der Waals surface area contributed by atoms with Gasteiger partial charge in [0.25, 0.3) is 6.10 Å². The number of hydrogen-bond donors (Lipinski definition) is 0. The third kappa shape index (κ3) is 5.57. The van der Waals surface area contributed by atoms with Crippen LogP contribution >= 0.6 is 0 Å². The fourth-order valence-corrected chi connectivity index (χ4v) is 4.43. The third-order valence-corrected chi connectivity index (χ3v) is 7.29. The highest BCUT2D eigenvalue weighted by molar-refractivity contribution is 5.84. The second kappa shape index (κ2) is 10.1. The molecule has 204 valence electrons. The lowest BCUT2D eigenvalue weighted by atomic mass is 9.74. The summed E-state index contributed by atoms with van der Waals surface area (Å²) in [5, 5.41) is 9.27. The molecule has 3 rings (SSSR count). The van der Waals surface area contributed by atoms with Gasteiger partial charge < -0.3 is 14.2 Å². The molecule has 6 unspecified atom stereocenters. The van der Waals surface area contributed by atoms with E-state index >= 15 is 0 Å². The first kappa shape index (κ1) is 29.7. The van der Waals surface area contributed by atoms with Crippen LogP contribution in [-0.4, -0.2) is 48.6 Å². The van der Waals surface area contributed by atoms with Gasteiger partial charge in [0, 0.05) is 11.8 Å². The van der Waals surface area contributed by atoms with Gasteiger partial charge in [-0.1, -0.05) is 20.8 Å². The van der Waals surface area contributed by atoms with Crippen molar-refractivity contribution in [3.05, 3.63) is 0 Å². The van der Waals surface area contributed by atoms with Crippen LogP contribution in [0.1, 0.15) is 60.3 Å². The lowest BCUT2D eigenvalue weighted by Gasteiger charge is -2.28. The largest absolute Gasteiger partial charge is 0.458 e. The molecule has 0 aromatic heterocycles. The molecule has 2 saturated carbocycles. The average molecular weight is 529 g/mol. The number of hydrogen-bond acceptors (Lipinski definition) is 7. The number of nitrogens with zero attached hydrogens (tertiary/aromatic N) is 1. The maximum atomic E-state index is 12.1. The Labute approximate surface area is 204 Å². The molecule has 7 nitrogen and oxygen atoms in total. The van der Waals surface area contributed by atoms with Crippen molar-refractivity contribution in [3.63, 3.8) is 0 Å². The molecule has 3 aliphatic rings. The second-order valence-corrected chi connectivity index (χ2v) is 10.1. The van der Waals surface area contributed by atoms with E-state index in [4.69, 9.17) is 9.47 Å². The van der Waals surface area contributed by atoms with Crippen molar-refractivity contribution in [3.8, 4) is 6.07 Å². The lowest BCUT2D eigenvalue weighted by molar-refractivity contribution is -0.315. The summed E-state index contributed by atoms with van der Waals surface area (Å²) in [5.74, 6) is -2.32. The van der Waals surface area contributed by atoms with E-state index in [1.54, 1.807) is 0 Å². The van der Waals surface area contributed by atoms with Crippen molar-refractivity contribution < 1.29 is 54.9 Å². The quantitative estimate of drug-likeness (QED) is 0.275. The highest BCUT2D eigenvalue weighted by atomic mass is 19.4. The molecular formula is C23H29F6NO6. The van der Waals surface area contributed by atoms with Gasteiger partial charge in [0.15, 0.2) is 5.41 Å². The van der Waals surface area contributed by atoms with Crippen molar-refractivity contribution in [1.29, 1.82) is 5.26 Å². The molecule has 0 N–H and O–H groups in total. The van der Waals surface area contributed by atoms with Gasteiger partial charge >= 0.3 is 30.3 Å². The van der Waals surface area contributed by atoms with E-state index in [-0.39, 0.29) is 36.2 Å². The van der Waals surface area contributed by atoms with Gasteiger partial charge in [0.05, 0.1) is 17.4 Å². The van der Waals surface area contributed by atoms with Gasteiger partial charge in [-0.15, -0.1) is 0 Å². The van der Waals surface area contributed by atoms with E-state index in [1.165, 1.54) is 20.8 Å². The summed E-state index contributed by atoms with van der Waals surface area (Å²) in [4.78, 5) is 34.9. The Morgan fingerprint density at radius 1 is 1.17 bits per heavy atom. The van der Waals surface area contributed by atoms with Crippen molar-refractivity contribution >= 4 is 17.9 Å². The molecule has 1 saturated heterocycles. The van der Waals surface area contributed by atoms with Crippen LogP contribution in [0.5, 0.6) is 0 Å². The van der Waals surface area contributed by atoms with E-state index in [0.29, 0.717) is 6.42 Å². The van der Waals surface area contributed by atoms with Crippen LogP contribution in [-0.2, 0) is 28.6 Å². The summed E-state index contributed by atoms with van der Waals surface area (Å²) in [6.07, 6.45) is -14.1. The molecule has 1 aliphatic heterocycles. The molecule has 0 aromatic carbocycles. The summed E-state index contributed by atoms with van der Waals surface area (Å²) in [7, 11) is 0. The second-order valence-electron chi connectivity index (χ2n) is 10.1. The lowest BCUT2D eigenvalue weighted by Crippen LogP contribution is -2.47. The minimum absolute atomic E-state index is 0.0638. The van der Waals surface area contributed by atoms with Crippen LogP contribution in [0, 0.1) is 39.9 Å². The number of fused-ring (bicyclic) bond motifs is 1. The number of carbonyl (C=O) groups excluding carboxylic acids is 3. The average Bonchev–Trinajstić information content (AvgIpc) is 3.37. The Hall–Kier alpha value is -2.52. The minimum Gasteiger partial charge on any atom is -0.458 e. The van der Waals surface area contributed by atoms with Crippen molar-refractivity contribution in [2.75, 3.05) is 0 Å². The molecule has 2 bridgehead atoms. The predicted molar refractivity (Wildman–Crippen MR) is 110 cm³/mol. The number of halogens is 6. The fraction of sp³-hybridized carbons (Fsp3) is 0.826. The summed E-state index contributed by atoms with van der Waals surface area (Å²) >= 11 is 0. The fourth-order valence-electron chi connectivity index (χ4n) is 4.43. The molecular weight excluding hydrogens is 500 g/mol. The number of carbonyl (C=O) groups is 3. The van der Waals surface area contributed by atoms with Crippen LogP contribution in [0.25, 0.3) is 0 Å². The molecule has 0 aromatic rings. The zero-order valence-corrected chi connectivity index (χ0v) is 20.5. The number of rotatable bonds is 6. The van der Waals surface area contributed by atoms with Crippen LogP contribution in [0.4, 0.5) is 26.3 Å². The summed E-state index contributed by atoms with van der Waals surface area (Å²) in [6.45, 7) is 7.63. The highest BCUT2D eigenvalue weighted by Crippen LogP contribution is 2.62. The molecule has 6 atom stereocenters. The van der Waals surface area contributed by atoms with E-state index in [1.807, 2.05) is 13.8 Å². The van der Waals surface area contributed by atoms with E-state index in [9.17, 15) is 46.0 Å². The van der Waals surface area contributed by atoms with Gasteiger partial charge in [0.2, 0.25) is 0 Å². The van der Waals surface area contributed by atoms with Crippen LogP contribution in [0.15, 0.2) is 0 Å². The molecule has 2 aliphatic carbocycles. The molecule has 36 heavy (non-hydrogen) atoms. The van der Waals surface area contributed by atoms with Crippen molar-refractivity contribution in [2.45, 2.75) is 91.0 Å². The maximum absolute atomic E-state index is 12.1. The number of nitriles is 1. The Morgan fingerprint density at radius 2 is 1.72 bits per heavy atom. The predicted octanol–water partition coefficient (Wildman–Crippen LogP) is 4.88. The molecule has 1 heterocycles. The first-order valence-electron chi connectivity index (χ1n) is 11.5. The van der Waals surface area contributed by atoms with E-state index in [0.717, 1.165) is 12.8 Å². The van der Waals surface area contributed by atoms with Gasteiger partial charge in [-0.3, -0.25) is 14.4 Å². The summed E-state index contributed by atoms with van der Waals surface area (Å²) in [6, 6.07) is 2.14. The van der Waals surface area contributed by atoms with Crippen molar-refractivity contribution in [1.82, 2.24) is 0 Å². The summed E-state index contributed by atoms with van der Waals surface area (Å²) in [5.41, 5.74) is -2.36. The normalized spacial score (nSPS) is 29.7. The number of esters is 3. The smallest absolute Gasteiger partial charge is 0.434 e. The first-order chi connectivity index (χ1) is 16.4. The van der Waals surface area contributed by atoms with Gasteiger partial charge in [-0.25, -0.2) is 0 Å². The van der Waals surface area contributed by atoms with Crippen LogP contribution < -0.4 is 0 Å². The van der Waals surface area contributed by atoms with E-state index < -0.39 is 47.3 Å². The van der Waals surface area contributed by atoms with E-state index in [2.05, 4.69) is 10.8 Å². The maximum Gasteiger partial charge on any atom is 0.434 e. The highest BCUT2D eigenvalue weighted by Gasteiger charge is 2.72. The molecule has 13 heteroatoms. The van der Waals surface area contributed by atoms with Crippen molar-refractivity contribution in [2.24, 2.45) is 28.6 Å². The summed E-state index contributed by atoms with van der Waals surface area (Å²) < 4.78 is 86.8. The molecule has 0 spiro atoms. The molecule has 0 radical (unpaired) electrons. The zero-order chi connectivity index (χ0) is 27.9. The Bertz CT molecular complexity index is 896. The monoisotopic (exact) mass is 529 g/mol. The third-order valence-electron chi connectivity index (χ3n) is 7.29. The van der Waals surface area contributed by atoms with Crippen LogP contribution in [0.3, 0.4) is 0 Å². The Kier molecular flexibility index (Phi) is 8.33. The standard InChI is InChI=1S/C14H17NO4.C9H12F6O2/c1-3-7(2)12(16)18-10-8-4-9-11(10)19-13(17)14(9,5-8)6-15;1-4-7(2,3)6(16)17-5(8(10,11)12)9(13,14)15/h7-11H,3-5H2,1-2H3;5H,4H2,1-3H3. The zero-order valence-electron chi connectivity index (χ0n) is 20.5. The van der Waals surface area contributed by atoms with Gasteiger partial charge in [-0.2, -0.15) is 31.6 Å². The number of ether oxygens (including phenoxy) is 3. The Balaban J connectivity index is 0.000000256. The Morgan fingerprint density at radius 3 is 2.17 bits per heavy atom. The molecule has 0 amide bonds. The first-order valence-corrected chi connectivity index (χ1v) is 11.5. The minimum atomic E-state index is -5.67. The SMILES string of the molecule is CCC(C)(C)C(=O)OC(C(F)(F)F)C(F)(F)F.CCC(C)C(=O)OC1C2CC3C1OC(=O)C3(C#N)C2. The van der Waals surface area contributed by atoms with Gasteiger partial charge in [-0.05, 0) is 39.5 Å². The van der Waals surface area contributed by atoms with Gasteiger partial charge in [0.1, 0.15) is 12.2 Å².